The number of halogens is 1. The number of carbonyl (C=O) groups excluding carboxylic acids is 1. The van der Waals surface area contributed by atoms with E-state index in [2.05, 4.69) is 4.98 Å². The zero-order valence-corrected chi connectivity index (χ0v) is 12.5. The summed E-state index contributed by atoms with van der Waals surface area (Å²) in [6.07, 6.45) is 1.69. The van der Waals surface area contributed by atoms with Crippen LogP contribution in [0.5, 0.6) is 0 Å². The van der Waals surface area contributed by atoms with Crippen molar-refractivity contribution in [3.05, 3.63) is 65.2 Å². The average Bonchev–Trinajstić information content (AvgIpc) is 2.48. The van der Waals surface area contributed by atoms with Crippen LogP contribution in [0.3, 0.4) is 0 Å². The maximum Gasteiger partial charge on any atom is 0.257 e. The monoisotopic (exact) mass is 286 g/mol. The van der Waals surface area contributed by atoms with Crippen LogP contribution in [0.1, 0.15) is 35.5 Å². The normalized spacial score (nSPS) is 10.7. The van der Waals surface area contributed by atoms with Crippen molar-refractivity contribution >= 4 is 5.91 Å². The molecule has 1 heterocycles. The van der Waals surface area contributed by atoms with Crippen LogP contribution in [0.15, 0.2) is 42.6 Å². The molecule has 0 aliphatic rings. The van der Waals surface area contributed by atoms with Gasteiger partial charge in [0.1, 0.15) is 5.82 Å². The molecule has 0 aliphatic heterocycles. The van der Waals surface area contributed by atoms with E-state index in [1.165, 1.54) is 6.07 Å². The molecule has 0 atom stereocenters. The van der Waals surface area contributed by atoms with Gasteiger partial charge in [-0.1, -0.05) is 18.2 Å². The first kappa shape index (κ1) is 15.2. The van der Waals surface area contributed by atoms with Gasteiger partial charge in [0.05, 0.1) is 17.8 Å². The molecule has 1 aromatic carbocycles. The molecule has 0 saturated carbocycles. The lowest BCUT2D eigenvalue weighted by Gasteiger charge is -2.27. The number of nitrogens with zero attached hydrogens (tertiary/aromatic N) is 2. The number of aromatic nitrogens is 1. The second-order valence-corrected chi connectivity index (χ2v) is 5.28. The number of pyridine rings is 1. The molecule has 2 aromatic rings. The summed E-state index contributed by atoms with van der Waals surface area (Å²) in [6, 6.07) is 10.4. The summed E-state index contributed by atoms with van der Waals surface area (Å²) in [6.45, 7) is 5.85. The Bertz CT molecular complexity index is 626. The van der Waals surface area contributed by atoms with Crippen molar-refractivity contribution in [2.45, 2.75) is 33.4 Å². The van der Waals surface area contributed by atoms with Crippen molar-refractivity contribution in [3.8, 4) is 0 Å². The lowest BCUT2D eigenvalue weighted by atomic mass is 10.1. The fourth-order valence-corrected chi connectivity index (χ4v) is 2.12. The number of aryl methyl sites for hydroxylation is 1. The van der Waals surface area contributed by atoms with Gasteiger partial charge in [-0.05, 0) is 44.5 Å². The molecule has 0 bridgehead atoms. The fourth-order valence-electron chi connectivity index (χ4n) is 2.12. The summed E-state index contributed by atoms with van der Waals surface area (Å²) < 4.78 is 14.2. The third-order valence-corrected chi connectivity index (χ3v) is 3.36. The second kappa shape index (κ2) is 6.48. The minimum Gasteiger partial charge on any atom is -0.330 e. The van der Waals surface area contributed by atoms with Crippen molar-refractivity contribution in [2.75, 3.05) is 0 Å². The van der Waals surface area contributed by atoms with Crippen molar-refractivity contribution in [2.24, 2.45) is 0 Å². The Morgan fingerprint density at radius 2 is 2.00 bits per heavy atom. The van der Waals surface area contributed by atoms with Gasteiger partial charge in [-0.2, -0.15) is 0 Å². The molecule has 0 aliphatic carbocycles. The van der Waals surface area contributed by atoms with Crippen molar-refractivity contribution < 1.29 is 9.18 Å². The summed E-state index contributed by atoms with van der Waals surface area (Å²) >= 11 is 0. The highest BCUT2D eigenvalue weighted by Crippen LogP contribution is 2.17. The summed E-state index contributed by atoms with van der Waals surface area (Å²) in [4.78, 5) is 18.5. The van der Waals surface area contributed by atoms with Crippen LogP contribution in [-0.4, -0.2) is 21.8 Å². The topological polar surface area (TPSA) is 33.2 Å². The molecule has 2 rings (SSSR count). The quantitative estimate of drug-likeness (QED) is 0.860. The lowest BCUT2D eigenvalue weighted by molar-refractivity contribution is 0.0683. The maximum atomic E-state index is 14.2. The van der Waals surface area contributed by atoms with Crippen LogP contribution in [0.25, 0.3) is 0 Å². The second-order valence-electron chi connectivity index (χ2n) is 5.28. The first-order valence-electron chi connectivity index (χ1n) is 6.96. The zero-order valence-electron chi connectivity index (χ0n) is 12.5. The highest BCUT2D eigenvalue weighted by atomic mass is 19.1. The molecule has 110 valence electrons. The van der Waals surface area contributed by atoms with Gasteiger partial charge in [0.25, 0.3) is 5.91 Å². The van der Waals surface area contributed by atoms with E-state index in [1.807, 2.05) is 32.0 Å². The van der Waals surface area contributed by atoms with Gasteiger partial charge < -0.3 is 4.90 Å². The summed E-state index contributed by atoms with van der Waals surface area (Å²) in [5.41, 5.74) is 1.37. The van der Waals surface area contributed by atoms with Gasteiger partial charge in [0.2, 0.25) is 0 Å². The predicted molar refractivity (Wildman–Crippen MR) is 80.4 cm³/mol. The maximum absolute atomic E-state index is 14.2. The number of carbonyl (C=O) groups is 1. The molecular formula is C17H19FN2O. The number of hydrogen-bond acceptors (Lipinski definition) is 2. The van der Waals surface area contributed by atoms with E-state index in [0.29, 0.717) is 12.1 Å². The van der Waals surface area contributed by atoms with Crippen LogP contribution in [0.2, 0.25) is 0 Å². The lowest BCUT2D eigenvalue weighted by Crippen LogP contribution is -2.37. The van der Waals surface area contributed by atoms with Crippen LogP contribution < -0.4 is 0 Å². The van der Waals surface area contributed by atoms with E-state index in [9.17, 15) is 9.18 Å². The van der Waals surface area contributed by atoms with Gasteiger partial charge in [-0.25, -0.2) is 4.39 Å². The predicted octanol–water partition coefficient (Wildman–Crippen LogP) is 3.58. The third kappa shape index (κ3) is 3.45. The Morgan fingerprint density at radius 3 is 2.62 bits per heavy atom. The SMILES string of the molecule is Cc1cccc(C(=O)N(Cc2ccccn2)C(C)C)c1F. The highest BCUT2D eigenvalue weighted by molar-refractivity contribution is 5.94. The Hall–Kier alpha value is -2.23. The van der Waals surface area contributed by atoms with Crippen LogP contribution in [-0.2, 0) is 6.54 Å². The minimum atomic E-state index is -0.450. The number of rotatable bonds is 4. The highest BCUT2D eigenvalue weighted by Gasteiger charge is 2.22. The van der Waals surface area contributed by atoms with Gasteiger partial charge in [0.15, 0.2) is 0 Å². The molecule has 0 unspecified atom stereocenters. The minimum absolute atomic E-state index is 0.0422. The Morgan fingerprint density at radius 1 is 1.24 bits per heavy atom. The molecule has 4 heteroatoms. The van der Waals surface area contributed by atoms with Crippen molar-refractivity contribution in [3.63, 3.8) is 0 Å². The number of amides is 1. The van der Waals surface area contributed by atoms with E-state index < -0.39 is 5.82 Å². The van der Waals surface area contributed by atoms with E-state index in [0.717, 1.165) is 5.69 Å². The third-order valence-electron chi connectivity index (χ3n) is 3.36. The zero-order chi connectivity index (χ0) is 15.4. The first-order valence-corrected chi connectivity index (χ1v) is 6.96. The van der Waals surface area contributed by atoms with Crippen molar-refractivity contribution in [1.29, 1.82) is 0 Å². The van der Waals surface area contributed by atoms with E-state index in [-0.39, 0.29) is 17.5 Å². The molecule has 3 nitrogen and oxygen atoms in total. The van der Waals surface area contributed by atoms with E-state index in [4.69, 9.17) is 0 Å². The Balaban J connectivity index is 2.30. The van der Waals surface area contributed by atoms with Crippen LogP contribution in [0.4, 0.5) is 4.39 Å². The molecule has 0 radical (unpaired) electrons. The molecule has 0 N–H and O–H groups in total. The molecule has 0 spiro atoms. The molecule has 0 saturated heterocycles. The fraction of sp³-hybridized carbons (Fsp3) is 0.294. The standard InChI is InChI=1S/C17H19FN2O/c1-12(2)20(11-14-8-4-5-10-19-14)17(21)15-9-6-7-13(3)16(15)18/h4-10,12H,11H2,1-3H3. The van der Waals surface area contributed by atoms with Gasteiger partial charge in [-0.15, -0.1) is 0 Å². The summed E-state index contributed by atoms with van der Waals surface area (Å²) in [5.74, 6) is -0.758. The molecule has 1 aromatic heterocycles. The van der Waals surface area contributed by atoms with Gasteiger partial charge in [0, 0.05) is 12.2 Å². The van der Waals surface area contributed by atoms with Crippen LogP contribution in [0, 0.1) is 12.7 Å². The first-order chi connectivity index (χ1) is 10.0. The molecule has 1 amide bonds. The molecular weight excluding hydrogens is 267 g/mol. The average molecular weight is 286 g/mol. The summed E-state index contributed by atoms with van der Waals surface area (Å²) in [5, 5.41) is 0. The van der Waals surface area contributed by atoms with Gasteiger partial charge in [-0.3, -0.25) is 9.78 Å². The van der Waals surface area contributed by atoms with E-state index in [1.54, 1.807) is 30.2 Å². The number of benzene rings is 1. The smallest absolute Gasteiger partial charge is 0.257 e. The Kier molecular flexibility index (Phi) is 4.68. The largest absolute Gasteiger partial charge is 0.330 e. The number of hydrogen-bond donors (Lipinski definition) is 0. The molecule has 0 fully saturated rings. The summed E-state index contributed by atoms with van der Waals surface area (Å²) in [7, 11) is 0. The van der Waals surface area contributed by atoms with Crippen LogP contribution >= 0.6 is 0 Å². The molecule has 21 heavy (non-hydrogen) atoms. The Labute approximate surface area is 124 Å². The van der Waals surface area contributed by atoms with Crippen molar-refractivity contribution in [1.82, 2.24) is 9.88 Å². The van der Waals surface area contributed by atoms with E-state index >= 15 is 0 Å². The van der Waals surface area contributed by atoms with Gasteiger partial charge >= 0.3 is 0 Å².